The first kappa shape index (κ1) is 12.9. The third-order valence-corrected chi connectivity index (χ3v) is 1.66. The highest BCUT2D eigenvalue weighted by Crippen LogP contribution is 1.86. The second-order valence-electron chi connectivity index (χ2n) is 2.63. The van der Waals surface area contributed by atoms with Crippen molar-refractivity contribution >= 4 is 12.0 Å². The number of imide groups is 1. The zero-order chi connectivity index (χ0) is 11.0. The second kappa shape index (κ2) is 7.28. The summed E-state index contributed by atoms with van der Waals surface area (Å²) in [5.74, 6) is -0.438. The van der Waals surface area contributed by atoms with Crippen LogP contribution in [-0.2, 0) is 9.53 Å². The lowest BCUT2D eigenvalue weighted by atomic mass is 10.4. The largest absolute Gasteiger partial charge is 0.453 e. The summed E-state index contributed by atoms with van der Waals surface area (Å²) in [5.41, 5.74) is 0. The van der Waals surface area contributed by atoms with E-state index in [0.717, 1.165) is 0 Å². The number of nitrogens with one attached hydrogen (secondary N) is 1. The summed E-state index contributed by atoms with van der Waals surface area (Å²) in [4.78, 5) is 23.5. The van der Waals surface area contributed by atoms with Crippen LogP contribution in [0.5, 0.6) is 0 Å². The van der Waals surface area contributed by atoms with Crippen molar-refractivity contribution in [2.24, 2.45) is 0 Å². The number of likely N-dealkylation sites (N-methyl/N-ethyl adjacent to an activating group) is 1. The molecule has 0 unspecified atom stereocenters. The van der Waals surface area contributed by atoms with E-state index in [1.807, 2.05) is 12.2 Å². The molecule has 0 atom stereocenters. The Morgan fingerprint density at radius 1 is 1.50 bits per heavy atom. The summed E-state index contributed by atoms with van der Waals surface area (Å²) in [6, 6.07) is 0. The van der Waals surface area contributed by atoms with Crippen molar-refractivity contribution in [2.45, 2.75) is 6.92 Å². The predicted molar refractivity (Wildman–Crippen MR) is 49.7 cm³/mol. The Kier molecular flexibility index (Phi) is 6.69. The van der Waals surface area contributed by atoms with Gasteiger partial charge < -0.3 is 9.84 Å². The highest BCUT2D eigenvalue weighted by molar-refractivity contribution is 5.92. The van der Waals surface area contributed by atoms with Crippen molar-refractivity contribution in [1.29, 1.82) is 0 Å². The molecule has 0 saturated carbocycles. The van der Waals surface area contributed by atoms with Crippen molar-refractivity contribution in [1.82, 2.24) is 10.2 Å². The maximum absolute atomic E-state index is 11.1. The summed E-state index contributed by atoms with van der Waals surface area (Å²) in [7, 11) is 1.19. The number of hydrogen-bond donors (Lipinski definition) is 2. The van der Waals surface area contributed by atoms with Crippen LogP contribution in [0.15, 0.2) is 0 Å². The van der Waals surface area contributed by atoms with Crippen LogP contribution < -0.4 is 5.32 Å². The average molecular weight is 204 g/mol. The lowest BCUT2D eigenvalue weighted by molar-refractivity contribution is -0.121. The van der Waals surface area contributed by atoms with E-state index in [2.05, 4.69) is 4.74 Å². The number of rotatable bonds is 5. The highest BCUT2D eigenvalue weighted by Gasteiger charge is 2.11. The standard InChI is InChI=1S/C8H16N2O4/c1-3-10(4-5-11)6-7(12)9-8(13)14-2/h11H,3-6H2,1-2H3,(H,9,12,13). The van der Waals surface area contributed by atoms with E-state index in [-0.39, 0.29) is 13.2 Å². The van der Waals surface area contributed by atoms with E-state index in [1.165, 1.54) is 7.11 Å². The van der Waals surface area contributed by atoms with Crippen LogP contribution in [0, 0.1) is 0 Å². The van der Waals surface area contributed by atoms with Crippen molar-refractivity contribution < 1.29 is 19.4 Å². The number of carbonyl (C=O) groups excluding carboxylic acids is 2. The molecule has 0 aromatic rings. The Hall–Kier alpha value is -1.14. The van der Waals surface area contributed by atoms with E-state index < -0.39 is 12.0 Å². The quantitative estimate of drug-likeness (QED) is 0.612. The van der Waals surface area contributed by atoms with Crippen LogP contribution in [0.3, 0.4) is 0 Å². The molecule has 0 aromatic carbocycles. The summed E-state index contributed by atoms with van der Waals surface area (Å²) in [6.07, 6.45) is -0.768. The van der Waals surface area contributed by atoms with Crippen LogP contribution >= 0.6 is 0 Å². The minimum atomic E-state index is -0.768. The first-order valence-corrected chi connectivity index (χ1v) is 4.35. The van der Waals surface area contributed by atoms with Gasteiger partial charge in [-0.2, -0.15) is 0 Å². The Morgan fingerprint density at radius 3 is 2.57 bits per heavy atom. The first-order valence-electron chi connectivity index (χ1n) is 4.35. The Bertz CT molecular complexity index is 196. The molecular weight excluding hydrogens is 188 g/mol. The van der Waals surface area contributed by atoms with Crippen molar-refractivity contribution in [3.05, 3.63) is 0 Å². The monoisotopic (exact) mass is 204 g/mol. The molecule has 0 radical (unpaired) electrons. The molecule has 14 heavy (non-hydrogen) atoms. The molecule has 82 valence electrons. The van der Waals surface area contributed by atoms with Gasteiger partial charge in [0.15, 0.2) is 0 Å². The van der Waals surface area contributed by atoms with Gasteiger partial charge in [0.1, 0.15) is 0 Å². The number of alkyl carbamates (subject to hydrolysis) is 1. The number of aliphatic hydroxyl groups excluding tert-OH is 1. The van der Waals surface area contributed by atoms with Gasteiger partial charge in [-0.25, -0.2) is 4.79 Å². The summed E-state index contributed by atoms with van der Waals surface area (Å²) in [5, 5.41) is 10.7. The molecule has 0 heterocycles. The number of hydrogen-bond acceptors (Lipinski definition) is 5. The number of nitrogens with zero attached hydrogens (tertiary/aromatic N) is 1. The number of amides is 2. The molecule has 0 bridgehead atoms. The minimum absolute atomic E-state index is 0.0145. The molecule has 2 amide bonds. The molecule has 0 rings (SSSR count). The fourth-order valence-electron chi connectivity index (χ4n) is 0.898. The molecule has 6 nitrogen and oxygen atoms in total. The smallest absolute Gasteiger partial charge is 0.413 e. The van der Waals surface area contributed by atoms with Gasteiger partial charge in [0.25, 0.3) is 0 Å². The van der Waals surface area contributed by atoms with Crippen LogP contribution in [0.2, 0.25) is 0 Å². The van der Waals surface area contributed by atoms with Gasteiger partial charge in [-0.3, -0.25) is 15.0 Å². The number of ether oxygens (including phenoxy) is 1. The van der Waals surface area contributed by atoms with Gasteiger partial charge in [0, 0.05) is 6.54 Å². The Labute approximate surface area is 82.8 Å². The molecule has 0 spiro atoms. The summed E-state index contributed by atoms with van der Waals surface area (Å²) in [6.45, 7) is 2.97. The fraction of sp³-hybridized carbons (Fsp3) is 0.750. The predicted octanol–water partition coefficient (Wildman–Crippen LogP) is -0.817. The van der Waals surface area contributed by atoms with Gasteiger partial charge in [0.05, 0.1) is 20.3 Å². The third kappa shape index (κ3) is 5.50. The Balaban J connectivity index is 3.84. The first-order chi connectivity index (χ1) is 6.63. The molecule has 0 fully saturated rings. The Morgan fingerprint density at radius 2 is 2.14 bits per heavy atom. The van der Waals surface area contributed by atoms with Crippen LogP contribution in [0.1, 0.15) is 6.92 Å². The van der Waals surface area contributed by atoms with Gasteiger partial charge in [0.2, 0.25) is 5.91 Å². The summed E-state index contributed by atoms with van der Waals surface area (Å²) < 4.78 is 4.26. The molecule has 0 saturated heterocycles. The maximum Gasteiger partial charge on any atom is 0.413 e. The topological polar surface area (TPSA) is 78.9 Å². The van der Waals surface area contributed by atoms with E-state index in [1.54, 1.807) is 4.90 Å². The van der Waals surface area contributed by atoms with Gasteiger partial charge >= 0.3 is 6.09 Å². The van der Waals surface area contributed by atoms with Gasteiger partial charge in [-0.1, -0.05) is 6.92 Å². The molecule has 0 aliphatic heterocycles. The van der Waals surface area contributed by atoms with Crippen molar-refractivity contribution in [3.63, 3.8) is 0 Å². The number of aliphatic hydroxyl groups is 1. The lowest BCUT2D eigenvalue weighted by Gasteiger charge is -2.17. The highest BCUT2D eigenvalue weighted by atomic mass is 16.5. The average Bonchev–Trinajstić information content (AvgIpc) is 2.16. The third-order valence-electron chi connectivity index (χ3n) is 1.66. The molecule has 0 aromatic heterocycles. The van der Waals surface area contributed by atoms with Crippen molar-refractivity contribution in [2.75, 3.05) is 33.4 Å². The van der Waals surface area contributed by atoms with E-state index in [0.29, 0.717) is 13.1 Å². The number of carbonyl (C=O) groups is 2. The summed E-state index contributed by atoms with van der Waals surface area (Å²) >= 11 is 0. The normalized spacial score (nSPS) is 10.0. The van der Waals surface area contributed by atoms with E-state index >= 15 is 0 Å². The van der Waals surface area contributed by atoms with Crippen LogP contribution in [0.4, 0.5) is 4.79 Å². The molecule has 0 aliphatic rings. The zero-order valence-corrected chi connectivity index (χ0v) is 8.45. The van der Waals surface area contributed by atoms with E-state index in [9.17, 15) is 9.59 Å². The van der Waals surface area contributed by atoms with Crippen LogP contribution in [-0.4, -0.2) is 55.4 Å². The molecule has 0 aliphatic carbocycles. The van der Waals surface area contributed by atoms with Gasteiger partial charge in [-0.15, -0.1) is 0 Å². The lowest BCUT2D eigenvalue weighted by Crippen LogP contribution is -2.40. The maximum atomic E-state index is 11.1. The molecule has 6 heteroatoms. The number of methoxy groups -OCH3 is 1. The molecular formula is C8H16N2O4. The SMILES string of the molecule is CCN(CCO)CC(=O)NC(=O)OC. The van der Waals surface area contributed by atoms with Crippen molar-refractivity contribution in [3.8, 4) is 0 Å². The second-order valence-corrected chi connectivity index (χ2v) is 2.63. The van der Waals surface area contributed by atoms with Crippen LogP contribution in [0.25, 0.3) is 0 Å². The minimum Gasteiger partial charge on any atom is -0.453 e. The van der Waals surface area contributed by atoms with Gasteiger partial charge in [-0.05, 0) is 6.54 Å². The fourth-order valence-corrected chi connectivity index (χ4v) is 0.898. The molecule has 2 N–H and O–H groups in total. The van der Waals surface area contributed by atoms with E-state index in [4.69, 9.17) is 5.11 Å². The zero-order valence-electron chi connectivity index (χ0n) is 8.45.